The van der Waals surface area contributed by atoms with E-state index in [2.05, 4.69) is 31.0 Å². The summed E-state index contributed by atoms with van der Waals surface area (Å²) in [6, 6.07) is 10.3. The lowest BCUT2D eigenvalue weighted by Crippen LogP contribution is -2.52. The van der Waals surface area contributed by atoms with Crippen molar-refractivity contribution in [3.63, 3.8) is 0 Å². The molecule has 3 heterocycles. The predicted octanol–water partition coefficient (Wildman–Crippen LogP) is 3.52. The molecule has 0 radical (unpaired) electrons. The molecule has 160 valence electrons. The van der Waals surface area contributed by atoms with Crippen molar-refractivity contribution in [2.24, 2.45) is 16.6 Å². The van der Waals surface area contributed by atoms with Gasteiger partial charge in [0.05, 0.1) is 17.8 Å². The van der Waals surface area contributed by atoms with Gasteiger partial charge in [-0.15, -0.1) is 0 Å². The fraction of sp³-hybridized carbons (Fsp3) is 0.458. The molecule has 1 fully saturated rings. The van der Waals surface area contributed by atoms with Crippen LogP contribution in [-0.2, 0) is 15.0 Å². The number of hydrogen-bond donors (Lipinski definition) is 1. The average molecular weight is 418 g/mol. The molecule has 7 heteroatoms. The topological polar surface area (TPSA) is 103 Å². The van der Waals surface area contributed by atoms with Crippen molar-refractivity contribution in [2.75, 3.05) is 6.61 Å². The number of hydrogen-bond acceptors (Lipinski definition) is 7. The monoisotopic (exact) mass is 418 g/mol. The van der Waals surface area contributed by atoms with E-state index < -0.39 is 5.54 Å². The highest BCUT2D eigenvalue weighted by molar-refractivity contribution is 5.75. The Hall–Kier alpha value is -3.11. The van der Waals surface area contributed by atoms with E-state index in [0.717, 1.165) is 41.7 Å². The SMILES string of the molecule is CC(C)O[C@@H]1CC[C@@H]2Oc3ccc(-c4cncc(C#N)c4)cc3[C@]3(COC(N)=N3)[C@H]2C1. The Balaban J connectivity index is 1.59. The van der Waals surface area contributed by atoms with Crippen molar-refractivity contribution >= 4 is 6.02 Å². The van der Waals surface area contributed by atoms with Crippen LogP contribution in [0.3, 0.4) is 0 Å². The van der Waals surface area contributed by atoms with Gasteiger partial charge in [0.1, 0.15) is 30.1 Å². The predicted molar refractivity (Wildman–Crippen MR) is 115 cm³/mol. The van der Waals surface area contributed by atoms with Crippen molar-refractivity contribution in [3.8, 4) is 22.9 Å². The summed E-state index contributed by atoms with van der Waals surface area (Å²) in [4.78, 5) is 9.06. The molecule has 2 N–H and O–H groups in total. The third-order valence-corrected chi connectivity index (χ3v) is 6.49. The average Bonchev–Trinajstić information content (AvgIpc) is 3.16. The summed E-state index contributed by atoms with van der Waals surface area (Å²) in [5, 5.41) is 9.24. The number of rotatable bonds is 3. The highest BCUT2D eigenvalue weighted by Gasteiger charge is 2.55. The third-order valence-electron chi connectivity index (χ3n) is 6.49. The number of benzene rings is 1. The lowest BCUT2D eigenvalue weighted by Gasteiger charge is -2.48. The summed E-state index contributed by atoms with van der Waals surface area (Å²) >= 11 is 0. The molecule has 2 aliphatic heterocycles. The Morgan fingerprint density at radius 2 is 2.10 bits per heavy atom. The van der Waals surface area contributed by atoms with E-state index in [4.69, 9.17) is 24.9 Å². The van der Waals surface area contributed by atoms with E-state index in [1.54, 1.807) is 12.4 Å². The van der Waals surface area contributed by atoms with E-state index in [1.165, 1.54) is 0 Å². The van der Waals surface area contributed by atoms with Gasteiger partial charge in [-0.1, -0.05) is 6.07 Å². The fourth-order valence-electron chi connectivity index (χ4n) is 5.20. The molecular weight excluding hydrogens is 392 g/mol. The first-order valence-corrected chi connectivity index (χ1v) is 10.8. The number of pyridine rings is 1. The number of ether oxygens (including phenoxy) is 3. The molecule has 31 heavy (non-hydrogen) atoms. The van der Waals surface area contributed by atoms with Gasteiger partial charge in [-0.2, -0.15) is 5.26 Å². The summed E-state index contributed by atoms with van der Waals surface area (Å²) in [6.45, 7) is 4.53. The van der Waals surface area contributed by atoms with E-state index >= 15 is 0 Å². The van der Waals surface area contributed by atoms with Crippen LogP contribution >= 0.6 is 0 Å². The Morgan fingerprint density at radius 3 is 2.84 bits per heavy atom. The Labute approximate surface area is 181 Å². The maximum absolute atomic E-state index is 9.24. The summed E-state index contributed by atoms with van der Waals surface area (Å²) in [7, 11) is 0. The van der Waals surface area contributed by atoms with Crippen molar-refractivity contribution in [2.45, 2.75) is 57.0 Å². The van der Waals surface area contributed by atoms with Crippen molar-refractivity contribution < 1.29 is 14.2 Å². The molecule has 0 amide bonds. The second-order valence-electron chi connectivity index (χ2n) is 8.83. The molecule has 1 aliphatic carbocycles. The quantitative estimate of drug-likeness (QED) is 0.818. The van der Waals surface area contributed by atoms with Crippen LogP contribution < -0.4 is 10.5 Å². The number of fused-ring (bicyclic) bond motifs is 4. The summed E-state index contributed by atoms with van der Waals surface area (Å²) < 4.78 is 18.3. The molecular formula is C24H26N4O3. The Morgan fingerprint density at radius 1 is 1.23 bits per heavy atom. The minimum Gasteiger partial charge on any atom is -0.490 e. The molecule has 1 saturated carbocycles. The van der Waals surface area contributed by atoms with Crippen LogP contribution in [0.1, 0.15) is 44.2 Å². The molecule has 4 atom stereocenters. The maximum Gasteiger partial charge on any atom is 0.283 e. The Bertz CT molecular complexity index is 1080. The number of aliphatic imine (C=N–C) groups is 1. The van der Waals surface area contributed by atoms with Gasteiger partial charge in [0.2, 0.25) is 0 Å². The van der Waals surface area contributed by atoms with E-state index in [-0.39, 0.29) is 30.3 Å². The molecule has 1 spiro atoms. The van der Waals surface area contributed by atoms with E-state index in [1.807, 2.05) is 18.2 Å². The van der Waals surface area contributed by atoms with Gasteiger partial charge in [-0.05, 0) is 56.9 Å². The van der Waals surface area contributed by atoms with Gasteiger partial charge in [-0.25, -0.2) is 4.99 Å². The first-order valence-electron chi connectivity index (χ1n) is 10.8. The van der Waals surface area contributed by atoms with Crippen LogP contribution in [-0.4, -0.2) is 35.9 Å². The zero-order chi connectivity index (χ0) is 21.6. The van der Waals surface area contributed by atoms with Crippen LogP contribution in [0.15, 0.2) is 41.7 Å². The fourth-order valence-corrected chi connectivity index (χ4v) is 5.20. The van der Waals surface area contributed by atoms with Gasteiger partial charge in [0, 0.05) is 29.4 Å². The second-order valence-corrected chi connectivity index (χ2v) is 8.83. The summed E-state index contributed by atoms with van der Waals surface area (Å²) in [5.74, 6) is 0.928. The standard InChI is InChI=1S/C24H26N4O3/c1-14(2)30-18-4-6-22-20(9-18)24(13-29-23(26)28-24)19-8-16(3-5-21(19)31-22)17-7-15(10-25)11-27-12-17/h3,5,7-8,11-12,14,18,20,22H,4,6,9,13H2,1-2H3,(H2,26,28)/t18-,20+,22+,24-/m1/s1. The van der Waals surface area contributed by atoms with Crippen molar-refractivity contribution in [3.05, 3.63) is 47.8 Å². The molecule has 1 aromatic carbocycles. The highest BCUT2D eigenvalue weighted by Crippen LogP contribution is 2.53. The molecule has 7 nitrogen and oxygen atoms in total. The molecule has 0 bridgehead atoms. The van der Waals surface area contributed by atoms with Crippen molar-refractivity contribution in [1.82, 2.24) is 4.98 Å². The van der Waals surface area contributed by atoms with Crippen LogP contribution in [0.2, 0.25) is 0 Å². The number of amidine groups is 1. The van der Waals surface area contributed by atoms with E-state index in [9.17, 15) is 5.26 Å². The van der Waals surface area contributed by atoms with Gasteiger partial charge in [0.15, 0.2) is 0 Å². The highest BCUT2D eigenvalue weighted by atomic mass is 16.5. The first kappa shape index (κ1) is 19.8. The zero-order valence-corrected chi connectivity index (χ0v) is 17.7. The molecule has 3 aliphatic rings. The van der Waals surface area contributed by atoms with Crippen LogP contribution in [0, 0.1) is 17.2 Å². The van der Waals surface area contributed by atoms with Crippen LogP contribution in [0.5, 0.6) is 5.75 Å². The number of nitrogens with zero attached hydrogens (tertiary/aromatic N) is 3. The second kappa shape index (κ2) is 7.54. The maximum atomic E-state index is 9.24. The molecule has 0 saturated heterocycles. The minimum atomic E-state index is -0.600. The van der Waals surface area contributed by atoms with Crippen LogP contribution in [0.4, 0.5) is 0 Å². The molecule has 2 aromatic rings. The van der Waals surface area contributed by atoms with Gasteiger partial charge in [-0.3, -0.25) is 4.98 Å². The minimum absolute atomic E-state index is 0.0483. The molecule has 5 rings (SSSR count). The number of nitrogens with two attached hydrogens (primary N) is 1. The van der Waals surface area contributed by atoms with Gasteiger partial charge < -0.3 is 19.9 Å². The van der Waals surface area contributed by atoms with Gasteiger partial charge >= 0.3 is 0 Å². The van der Waals surface area contributed by atoms with Gasteiger partial charge in [0.25, 0.3) is 6.02 Å². The number of nitriles is 1. The lowest BCUT2D eigenvalue weighted by atomic mass is 9.67. The Kier molecular flexibility index (Phi) is 4.82. The summed E-state index contributed by atoms with van der Waals surface area (Å²) in [5.41, 5.74) is 8.75. The normalized spacial score (nSPS) is 28.8. The zero-order valence-electron chi connectivity index (χ0n) is 17.7. The molecule has 0 unspecified atom stereocenters. The van der Waals surface area contributed by atoms with Crippen LogP contribution in [0.25, 0.3) is 11.1 Å². The summed E-state index contributed by atoms with van der Waals surface area (Å²) in [6.07, 6.45) is 6.44. The third kappa shape index (κ3) is 3.41. The largest absolute Gasteiger partial charge is 0.490 e. The lowest BCUT2D eigenvalue weighted by molar-refractivity contribution is -0.0791. The van der Waals surface area contributed by atoms with Crippen molar-refractivity contribution in [1.29, 1.82) is 5.26 Å². The van der Waals surface area contributed by atoms with E-state index in [0.29, 0.717) is 12.2 Å². The molecule has 1 aromatic heterocycles. The first-order chi connectivity index (χ1) is 15.0. The number of aromatic nitrogens is 1. The smallest absolute Gasteiger partial charge is 0.283 e.